The molecule has 1 aliphatic rings. The quantitative estimate of drug-likeness (QED) is 0.913. The zero-order chi connectivity index (χ0) is 13.1. The molecule has 0 bridgehead atoms. The molecular weight excluding hydrogens is 234 g/mol. The van der Waals surface area contributed by atoms with Gasteiger partial charge in [0.15, 0.2) is 0 Å². The molecule has 0 saturated carbocycles. The van der Waals surface area contributed by atoms with Crippen LogP contribution in [0, 0.1) is 0 Å². The highest BCUT2D eigenvalue weighted by Gasteiger charge is 2.18. The van der Waals surface area contributed by atoms with Crippen LogP contribution < -0.4 is 5.32 Å². The fourth-order valence-corrected chi connectivity index (χ4v) is 2.90. The first-order valence-electron chi connectivity index (χ1n) is 7.08. The van der Waals surface area contributed by atoms with Crippen molar-refractivity contribution in [2.75, 3.05) is 20.1 Å². The van der Waals surface area contributed by atoms with Crippen LogP contribution in [-0.2, 0) is 6.54 Å². The maximum absolute atomic E-state index is 4.43. The van der Waals surface area contributed by atoms with Crippen LogP contribution >= 0.6 is 0 Å². The monoisotopic (exact) mass is 255 g/mol. The minimum Gasteiger partial charge on any atom is -0.315 e. The van der Waals surface area contributed by atoms with Crippen LogP contribution in [0.5, 0.6) is 0 Å². The molecule has 1 fully saturated rings. The fraction of sp³-hybridized carbons (Fsp3) is 0.438. The molecule has 19 heavy (non-hydrogen) atoms. The lowest BCUT2D eigenvalue weighted by Gasteiger charge is -2.31. The maximum Gasteiger partial charge on any atom is 0.0705 e. The van der Waals surface area contributed by atoms with Gasteiger partial charge in [-0.1, -0.05) is 18.2 Å². The number of aromatic nitrogens is 1. The lowest BCUT2D eigenvalue weighted by Crippen LogP contribution is -2.43. The molecule has 1 N–H and O–H groups in total. The number of benzene rings is 1. The average Bonchev–Trinajstić information content (AvgIpc) is 2.48. The van der Waals surface area contributed by atoms with E-state index in [1.54, 1.807) is 0 Å². The number of rotatable bonds is 3. The summed E-state index contributed by atoms with van der Waals surface area (Å²) < 4.78 is 0. The summed E-state index contributed by atoms with van der Waals surface area (Å²) in [6, 6.07) is 11.2. The SMILES string of the molecule is CN(Cc1ccnc2ccccc12)C1CCCNC1. The van der Waals surface area contributed by atoms with Crippen molar-refractivity contribution >= 4 is 10.9 Å². The molecule has 3 heteroatoms. The third-order valence-corrected chi connectivity index (χ3v) is 4.05. The van der Waals surface area contributed by atoms with E-state index in [0.717, 1.165) is 18.6 Å². The van der Waals surface area contributed by atoms with Crippen molar-refractivity contribution in [3.05, 3.63) is 42.1 Å². The van der Waals surface area contributed by atoms with Gasteiger partial charge in [-0.3, -0.25) is 9.88 Å². The van der Waals surface area contributed by atoms with Crippen molar-refractivity contribution in [3.63, 3.8) is 0 Å². The van der Waals surface area contributed by atoms with Crippen LogP contribution in [0.4, 0.5) is 0 Å². The first-order chi connectivity index (χ1) is 9.34. The average molecular weight is 255 g/mol. The second-order valence-electron chi connectivity index (χ2n) is 5.40. The Bertz CT molecular complexity index is 541. The van der Waals surface area contributed by atoms with E-state index in [-0.39, 0.29) is 0 Å². The summed E-state index contributed by atoms with van der Waals surface area (Å²) in [5.74, 6) is 0. The molecular formula is C16H21N3. The van der Waals surface area contributed by atoms with Gasteiger partial charge in [0.25, 0.3) is 0 Å². The van der Waals surface area contributed by atoms with Crippen LogP contribution in [0.3, 0.4) is 0 Å². The molecule has 0 spiro atoms. The fourth-order valence-electron chi connectivity index (χ4n) is 2.90. The van der Waals surface area contributed by atoms with E-state index in [1.807, 2.05) is 12.3 Å². The van der Waals surface area contributed by atoms with Crippen molar-refractivity contribution in [2.24, 2.45) is 0 Å². The summed E-state index contributed by atoms with van der Waals surface area (Å²) in [6.45, 7) is 3.28. The van der Waals surface area contributed by atoms with Gasteiger partial charge in [-0.05, 0) is 44.1 Å². The van der Waals surface area contributed by atoms with Crippen molar-refractivity contribution in [3.8, 4) is 0 Å². The predicted octanol–water partition coefficient (Wildman–Crippen LogP) is 2.42. The van der Waals surface area contributed by atoms with Crippen LogP contribution in [-0.4, -0.2) is 36.1 Å². The van der Waals surface area contributed by atoms with E-state index >= 15 is 0 Å². The van der Waals surface area contributed by atoms with Gasteiger partial charge in [0.1, 0.15) is 0 Å². The van der Waals surface area contributed by atoms with Gasteiger partial charge in [0.2, 0.25) is 0 Å². The number of likely N-dealkylation sites (N-methyl/N-ethyl adjacent to an activating group) is 1. The second-order valence-corrected chi connectivity index (χ2v) is 5.40. The standard InChI is InChI=1S/C16H21N3/c1-19(14-5-4-9-17-11-14)12-13-8-10-18-16-7-3-2-6-15(13)16/h2-3,6-8,10,14,17H,4-5,9,11-12H2,1H3. The van der Waals surface area contributed by atoms with Gasteiger partial charge in [-0.2, -0.15) is 0 Å². The van der Waals surface area contributed by atoms with Gasteiger partial charge in [0.05, 0.1) is 5.52 Å². The van der Waals surface area contributed by atoms with E-state index in [9.17, 15) is 0 Å². The molecule has 3 nitrogen and oxygen atoms in total. The lowest BCUT2D eigenvalue weighted by molar-refractivity contribution is 0.196. The Morgan fingerprint density at radius 2 is 2.21 bits per heavy atom. The highest BCUT2D eigenvalue weighted by molar-refractivity contribution is 5.81. The number of nitrogens with zero attached hydrogens (tertiary/aromatic N) is 2. The molecule has 1 aromatic heterocycles. The van der Waals surface area contributed by atoms with E-state index in [0.29, 0.717) is 6.04 Å². The van der Waals surface area contributed by atoms with Gasteiger partial charge in [0, 0.05) is 30.7 Å². The Kier molecular flexibility index (Phi) is 3.76. The molecule has 0 amide bonds. The third-order valence-electron chi connectivity index (χ3n) is 4.05. The molecule has 2 heterocycles. The van der Waals surface area contributed by atoms with Crippen molar-refractivity contribution in [2.45, 2.75) is 25.4 Å². The Morgan fingerprint density at radius 1 is 1.32 bits per heavy atom. The summed E-state index contributed by atoms with van der Waals surface area (Å²) in [5, 5.41) is 4.76. The molecule has 0 radical (unpaired) electrons. The smallest absolute Gasteiger partial charge is 0.0705 e. The summed E-state index contributed by atoms with van der Waals surface area (Å²) in [6.07, 6.45) is 4.50. The number of para-hydroxylation sites is 1. The predicted molar refractivity (Wildman–Crippen MR) is 79.1 cm³/mol. The Hall–Kier alpha value is -1.45. The third kappa shape index (κ3) is 2.77. The summed E-state index contributed by atoms with van der Waals surface area (Å²) in [5.41, 5.74) is 2.47. The molecule has 2 aromatic rings. The number of nitrogens with one attached hydrogen (secondary N) is 1. The molecule has 0 aliphatic carbocycles. The highest BCUT2D eigenvalue weighted by atomic mass is 15.2. The largest absolute Gasteiger partial charge is 0.315 e. The van der Waals surface area contributed by atoms with Gasteiger partial charge >= 0.3 is 0 Å². The number of hydrogen-bond donors (Lipinski definition) is 1. The Labute approximate surface area is 114 Å². The maximum atomic E-state index is 4.43. The number of fused-ring (bicyclic) bond motifs is 1. The van der Waals surface area contributed by atoms with Crippen LogP contribution in [0.1, 0.15) is 18.4 Å². The van der Waals surface area contributed by atoms with E-state index in [1.165, 1.54) is 30.3 Å². The summed E-state index contributed by atoms with van der Waals surface area (Å²) in [4.78, 5) is 6.90. The first kappa shape index (κ1) is 12.6. The highest BCUT2D eigenvalue weighted by Crippen LogP contribution is 2.19. The summed E-state index contributed by atoms with van der Waals surface area (Å²) >= 11 is 0. The first-order valence-corrected chi connectivity index (χ1v) is 7.08. The molecule has 3 rings (SSSR count). The van der Waals surface area contributed by atoms with Crippen LogP contribution in [0.15, 0.2) is 36.5 Å². The minimum absolute atomic E-state index is 0.653. The van der Waals surface area contributed by atoms with Crippen LogP contribution in [0.2, 0.25) is 0 Å². The molecule has 1 saturated heterocycles. The number of hydrogen-bond acceptors (Lipinski definition) is 3. The molecule has 1 aliphatic heterocycles. The van der Waals surface area contributed by atoms with Gasteiger partial charge in [-0.15, -0.1) is 0 Å². The van der Waals surface area contributed by atoms with E-state index < -0.39 is 0 Å². The molecule has 1 atom stereocenters. The van der Waals surface area contributed by atoms with E-state index in [2.05, 4.69) is 46.5 Å². The zero-order valence-electron chi connectivity index (χ0n) is 11.5. The molecule has 100 valence electrons. The van der Waals surface area contributed by atoms with Crippen molar-refractivity contribution in [1.29, 1.82) is 0 Å². The van der Waals surface area contributed by atoms with Crippen LogP contribution in [0.25, 0.3) is 10.9 Å². The zero-order valence-corrected chi connectivity index (χ0v) is 11.5. The van der Waals surface area contributed by atoms with Crippen molar-refractivity contribution in [1.82, 2.24) is 15.2 Å². The topological polar surface area (TPSA) is 28.2 Å². The van der Waals surface area contributed by atoms with Crippen molar-refractivity contribution < 1.29 is 0 Å². The summed E-state index contributed by atoms with van der Waals surface area (Å²) in [7, 11) is 2.23. The number of pyridine rings is 1. The Morgan fingerprint density at radius 3 is 3.05 bits per heavy atom. The molecule has 1 aromatic carbocycles. The Balaban J connectivity index is 1.80. The minimum atomic E-state index is 0.653. The van der Waals surface area contributed by atoms with Gasteiger partial charge in [-0.25, -0.2) is 0 Å². The van der Waals surface area contributed by atoms with E-state index in [4.69, 9.17) is 0 Å². The number of piperidine rings is 1. The second kappa shape index (κ2) is 5.68. The molecule has 1 unspecified atom stereocenters. The lowest BCUT2D eigenvalue weighted by atomic mass is 10.0. The normalized spacial score (nSPS) is 20.0. The van der Waals surface area contributed by atoms with Gasteiger partial charge < -0.3 is 5.32 Å².